The average molecular weight is 784 g/mol. The van der Waals surface area contributed by atoms with E-state index >= 15 is 0 Å². The number of halogens is 6. The van der Waals surface area contributed by atoms with E-state index < -0.39 is 107 Å². The van der Waals surface area contributed by atoms with E-state index in [9.17, 15) is 56.9 Å². The molecule has 0 bridgehead atoms. The summed E-state index contributed by atoms with van der Waals surface area (Å²) >= 11 is -7.50. The predicted octanol–water partition coefficient (Wildman–Crippen LogP) is 6.21. The van der Waals surface area contributed by atoms with Gasteiger partial charge in [0.2, 0.25) is 0 Å². The molecular weight excluding hydrogens is 746 g/mol. The van der Waals surface area contributed by atoms with Crippen molar-refractivity contribution in [1.29, 1.82) is 0 Å². The summed E-state index contributed by atoms with van der Waals surface area (Å²) in [6.07, 6.45) is 2.68. The van der Waals surface area contributed by atoms with E-state index in [0.717, 1.165) is 0 Å². The topological polar surface area (TPSA) is 137 Å². The molecule has 1 saturated carbocycles. The Balaban J connectivity index is -0.000000267. The van der Waals surface area contributed by atoms with Gasteiger partial charge in [0, 0.05) is 51.4 Å². The van der Waals surface area contributed by atoms with E-state index in [2.05, 4.69) is 0 Å². The van der Waals surface area contributed by atoms with Crippen molar-refractivity contribution in [2.45, 2.75) is 103 Å². The molecule has 0 aliphatic heterocycles. The average Bonchev–Trinajstić information content (AvgIpc) is 2.93. The number of carbonyl (C=O) groups excluding carboxylic acids is 8. The van der Waals surface area contributed by atoms with Crippen LogP contribution in [0.1, 0.15) is 103 Å². The maximum Gasteiger partial charge on any atom is 2.00 e. The summed E-state index contributed by atoms with van der Waals surface area (Å²) in [6, 6.07) is 0. The third-order valence-electron chi connectivity index (χ3n) is 5.47. The van der Waals surface area contributed by atoms with Gasteiger partial charge in [-0.2, -0.15) is 0 Å². The van der Waals surface area contributed by atoms with E-state index in [-0.39, 0.29) is 87.9 Å². The molecule has 0 amide bonds. The fraction of sp³-hybridized carbons (Fsp3) is 0.615. The zero-order valence-electron chi connectivity index (χ0n) is 24.8. The largest absolute Gasteiger partial charge is 2.00 e. The fourth-order valence-corrected chi connectivity index (χ4v) is 3.40. The van der Waals surface area contributed by atoms with Crippen LogP contribution < -0.4 is 0 Å². The van der Waals surface area contributed by atoms with Crippen molar-refractivity contribution < 1.29 is 139 Å². The number of Topliss-reactive ketones (excluding diaryl/α,β-unsaturated/α-hetero) is 8. The first-order valence-electron chi connectivity index (χ1n) is 12.6. The first-order valence-corrected chi connectivity index (χ1v) is 16.1. The van der Waals surface area contributed by atoms with Crippen molar-refractivity contribution in [3.63, 3.8) is 0 Å². The van der Waals surface area contributed by atoms with Gasteiger partial charge in [-0.3, -0.25) is 38.4 Å². The van der Waals surface area contributed by atoms with Crippen LogP contribution in [0, 0.1) is 14.9 Å². The molecule has 1 rings (SSSR count). The molecule has 0 aromatic rings. The smallest absolute Gasteiger partial charge is 2.00 e. The molecular formula is C26H38F6O8Ti4. The Hall–Kier alpha value is -0.203. The van der Waals surface area contributed by atoms with E-state index in [0.29, 0.717) is 51.4 Å². The van der Waals surface area contributed by atoms with Gasteiger partial charge in [-0.25, -0.2) is 0 Å². The van der Waals surface area contributed by atoms with Gasteiger partial charge in [0.1, 0.15) is 0 Å². The predicted molar refractivity (Wildman–Crippen MR) is 133 cm³/mol. The molecule has 0 unspecified atom stereocenters. The third kappa shape index (κ3) is 36.3. The Morgan fingerprint density at radius 3 is 0.432 bits per heavy atom. The molecule has 0 radical (unpaired) electrons. The van der Waals surface area contributed by atoms with Gasteiger partial charge >= 0.3 is 101 Å². The van der Waals surface area contributed by atoms with Crippen molar-refractivity contribution in [1.82, 2.24) is 0 Å². The van der Waals surface area contributed by atoms with Gasteiger partial charge in [-0.15, -0.1) is 0 Å². The van der Waals surface area contributed by atoms with Crippen LogP contribution in [0.2, 0.25) is 0 Å². The second kappa shape index (κ2) is 40.8. The quantitative estimate of drug-likeness (QED) is 0.123. The van der Waals surface area contributed by atoms with Crippen LogP contribution in [0.15, 0.2) is 0 Å². The molecule has 0 heterocycles. The maximum atomic E-state index is 11.9. The summed E-state index contributed by atoms with van der Waals surface area (Å²) in [7, 11) is 0. The van der Waals surface area contributed by atoms with Crippen LogP contribution in [0.4, 0.5) is 18.6 Å². The van der Waals surface area contributed by atoms with Crippen LogP contribution in [-0.2, 0) is 121 Å². The Morgan fingerprint density at radius 2 is 0.364 bits per heavy atom. The molecule has 8 nitrogen and oxygen atoms in total. The molecule has 0 saturated heterocycles. The SMILES string of the molecule is O=C1CCCCC(=O)C(=O)CCCCC(=O)C(=O)CCCCC(=O)C(=O)CCCCC1=O.[CH3-].[CH3-].[F][Ti][F].[F][Ti][F].[F][Ti][F].[Ti+2]. The summed E-state index contributed by atoms with van der Waals surface area (Å²) in [5, 5.41) is 0. The minimum Gasteiger partial charge on any atom is 2.00 e. The van der Waals surface area contributed by atoms with Gasteiger partial charge in [0.25, 0.3) is 0 Å². The van der Waals surface area contributed by atoms with Gasteiger partial charge in [0.05, 0.1) is 0 Å². The van der Waals surface area contributed by atoms with Crippen LogP contribution >= 0.6 is 0 Å². The minimum atomic E-state index is -2.50. The fourth-order valence-electron chi connectivity index (χ4n) is 3.40. The van der Waals surface area contributed by atoms with Gasteiger partial charge in [-0.1, -0.05) is 0 Å². The number of ketones is 8. The molecule has 0 N–H and O–H groups in total. The van der Waals surface area contributed by atoms with Crippen molar-refractivity contribution in [2.24, 2.45) is 0 Å². The van der Waals surface area contributed by atoms with E-state index in [1.165, 1.54) is 0 Å². The molecule has 1 aliphatic carbocycles. The number of hydrogen-bond acceptors (Lipinski definition) is 8. The van der Waals surface area contributed by atoms with Crippen LogP contribution in [0.5, 0.6) is 0 Å². The van der Waals surface area contributed by atoms with Crippen LogP contribution in [0.3, 0.4) is 0 Å². The Morgan fingerprint density at radius 1 is 0.295 bits per heavy atom. The molecule has 0 atom stereocenters. The molecule has 0 spiro atoms. The van der Waals surface area contributed by atoms with Gasteiger partial charge in [0.15, 0.2) is 46.3 Å². The van der Waals surface area contributed by atoms with Crippen molar-refractivity contribution >= 4 is 46.3 Å². The Labute approximate surface area is 300 Å². The standard InChI is InChI=1S/C24H32O8.2CH3.6FH.4Ti/c25-17-9-1-2-10-18(26)20(28)12-5-6-14-22(30)24(32)16-8-7-15-23(31)21(29)13-4-3-11-19(17)27;;;;;;;;;;;;/h1-16H2;2*1H3;6*1H;;;;/q;2*-1;;;;;;;4*+2/p-6. The van der Waals surface area contributed by atoms with Crippen molar-refractivity contribution in [3.8, 4) is 0 Å². The molecule has 248 valence electrons. The normalized spacial score (nSPS) is 16.6. The monoisotopic (exact) mass is 784 g/mol. The van der Waals surface area contributed by atoms with E-state index in [1.54, 1.807) is 0 Å². The van der Waals surface area contributed by atoms with Crippen molar-refractivity contribution in [3.05, 3.63) is 14.9 Å². The van der Waals surface area contributed by atoms with Crippen molar-refractivity contribution in [2.75, 3.05) is 0 Å². The first kappa shape index (κ1) is 56.2. The zero-order chi connectivity index (χ0) is 32.1. The van der Waals surface area contributed by atoms with Gasteiger partial charge < -0.3 is 14.9 Å². The minimum absolute atomic E-state index is 0. The molecule has 1 fully saturated rings. The van der Waals surface area contributed by atoms with Gasteiger partial charge in [-0.05, 0) is 51.4 Å². The number of hydrogen-bond donors (Lipinski definition) is 0. The van der Waals surface area contributed by atoms with E-state index in [4.69, 9.17) is 0 Å². The molecule has 0 aromatic heterocycles. The first-order chi connectivity index (χ1) is 19.5. The second-order valence-electron chi connectivity index (χ2n) is 8.43. The maximum absolute atomic E-state index is 11.9. The second-order valence-corrected chi connectivity index (χ2v) is 9.10. The zero-order valence-corrected chi connectivity index (χ0v) is 31.1. The van der Waals surface area contributed by atoms with E-state index in [1.807, 2.05) is 0 Å². The number of rotatable bonds is 0. The molecule has 1 aliphatic rings. The Bertz CT molecular complexity index is 655. The summed E-state index contributed by atoms with van der Waals surface area (Å²) < 4.78 is 58.5. The summed E-state index contributed by atoms with van der Waals surface area (Å²) in [4.78, 5) is 94.9. The Kier molecular flexibility index (Phi) is 52.1. The molecule has 18 heteroatoms. The summed E-state index contributed by atoms with van der Waals surface area (Å²) in [5.74, 6) is -4.22. The summed E-state index contributed by atoms with van der Waals surface area (Å²) in [6.45, 7) is 0. The van der Waals surface area contributed by atoms with Crippen LogP contribution in [0.25, 0.3) is 0 Å². The molecule has 0 aromatic carbocycles. The molecule has 44 heavy (non-hydrogen) atoms. The summed E-state index contributed by atoms with van der Waals surface area (Å²) in [5.41, 5.74) is 0. The number of carbonyl (C=O) groups is 8. The third-order valence-corrected chi connectivity index (χ3v) is 5.47. The van der Waals surface area contributed by atoms with Crippen LogP contribution in [-0.4, -0.2) is 46.3 Å².